The van der Waals surface area contributed by atoms with Gasteiger partial charge in [0.25, 0.3) is 5.91 Å². The minimum atomic E-state index is -0.517. The number of hydrogen-bond acceptors (Lipinski definition) is 4. The Morgan fingerprint density at radius 1 is 1.18 bits per heavy atom. The molecular weight excluding hydrogens is 354 g/mol. The lowest BCUT2D eigenvalue weighted by Gasteiger charge is -2.35. The Hall–Kier alpha value is -2.60. The molecule has 2 amide bonds. The topological polar surface area (TPSA) is 74.6 Å². The maximum absolute atomic E-state index is 13.0. The monoisotopic (exact) mass is 381 g/mol. The van der Waals surface area contributed by atoms with Gasteiger partial charge in [-0.1, -0.05) is 24.3 Å². The fourth-order valence-electron chi connectivity index (χ4n) is 4.20. The summed E-state index contributed by atoms with van der Waals surface area (Å²) in [7, 11) is 0. The van der Waals surface area contributed by atoms with E-state index in [0.29, 0.717) is 25.4 Å². The van der Waals surface area contributed by atoms with Gasteiger partial charge in [-0.25, -0.2) is 0 Å². The number of carbonyl (C=O) groups is 2. The number of nitrogens with zero attached hydrogens (tertiary/aromatic N) is 1. The van der Waals surface area contributed by atoms with Gasteiger partial charge in [-0.15, -0.1) is 0 Å². The summed E-state index contributed by atoms with van der Waals surface area (Å²) in [6.45, 7) is 3.18. The fraction of sp³-hybridized carbons (Fsp3) is 0.455. The molecule has 1 aromatic heterocycles. The molecule has 0 aliphatic carbocycles. The highest BCUT2D eigenvalue weighted by molar-refractivity contribution is 5.96. The van der Waals surface area contributed by atoms with Crippen LogP contribution in [0.4, 0.5) is 0 Å². The lowest BCUT2D eigenvalue weighted by atomic mass is 9.93. The minimum absolute atomic E-state index is 0.0850. The summed E-state index contributed by atoms with van der Waals surface area (Å²) in [6, 6.07) is 10.8. The zero-order valence-electron chi connectivity index (χ0n) is 16.0. The summed E-state index contributed by atoms with van der Waals surface area (Å²) < 4.78 is 5.30. The van der Waals surface area contributed by atoms with Crippen molar-refractivity contribution in [3.8, 4) is 0 Å². The Morgan fingerprint density at radius 2 is 2.04 bits per heavy atom. The number of furan rings is 1. The first kappa shape index (κ1) is 18.7. The number of rotatable bonds is 5. The lowest BCUT2D eigenvalue weighted by molar-refractivity contribution is -0.126. The molecule has 2 aliphatic heterocycles. The predicted molar refractivity (Wildman–Crippen MR) is 106 cm³/mol. The summed E-state index contributed by atoms with van der Waals surface area (Å²) >= 11 is 0. The van der Waals surface area contributed by atoms with Crippen molar-refractivity contribution in [1.82, 2.24) is 15.5 Å². The van der Waals surface area contributed by atoms with Crippen molar-refractivity contribution in [3.05, 3.63) is 59.5 Å². The third-order valence-electron chi connectivity index (χ3n) is 5.79. The predicted octanol–water partition coefficient (Wildman–Crippen LogP) is 2.35. The number of hydrogen-bond donors (Lipinski definition) is 2. The van der Waals surface area contributed by atoms with E-state index in [2.05, 4.69) is 10.6 Å². The minimum Gasteiger partial charge on any atom is -0.459 e. The van der Waals surface area contributed by atoms with Crippen molar-refractivity contribution < 1.29 is 14.0 Å². The molecule has 2 atom stereocenters. The van der Waals surface area contributed by atoms with Crippen molar-refractivity contribution in [2.24, 2.45) is 5.92 Å². The SMILES string of the molecule is O=C(NCCC1CCCNC1)C1Cc2ccccc2CN1C(=O)c1ccco1. The first-order valence-electron chi connectivity index (χ1n) is 10.1. The second kappa shape index (κ2) is 8.61. The highest BCUT2D eigenvalue weighted by atomic mass is 16.3. The summed E-state index contributed by atoms with van der Waals surface area (Å²) in [5.74, 6) is 0.557. The Balaban J connectivity index is 1.45. The van der Waals surface area contributed by atoms with Crippen LogP contribution in [0, 0.1) is 5.92 Å². The van der Waals surface area contributed by atoms with E-state index in [0.717, 1.165) is 30.6 Å². The second-order valence-electron chi connectivity index (χ2n) is 7.69. The van der Waals surface area contributed by atoms with Crippen molar-refractivity contribution >= 4 is 11.8 Å². The number of carbonyl (C=O) groups excluding carboxylic acids is 2. The van der Waals surface area contributed by atoms with Gasteiger partial charge >= 0.3 is 0 Å². The molecule has 1 saturated heterocycles. The molecule has 1 aromatic carbocycles. The van der Waals surface area contributed by atoms with Crippen LogP contribution in [0.25, 0.3) is 0 Å². The van der Waals surface area contributed by atoms with Gasteiger partial charge in [0.2, 0.25) is 5.91 Å². The quantitative estimate of drug-likeness (QED) is 0.834. The molecule has 1 fully saturated rings. The van der Waals surface area contributed by atoms with E-state index in [4.69, 9.17) is 4.42 Å². The van der Waals surface area contributed by atoms with Crippen LogP contribution >= 0.6 is 0 Å². The van der Waals surface area contributed by atoms with E-state index < -0.39 is 6.04 Å². The Kier molecular flexibility index (Phi) is 5.76. The Labute approximate surface area is 165 Å². The van der Waals surface area contributed by atoms with Gasteiger partial charge in [0.1, 0.15) is 6.04 Å². The van der Waals surface area contributed by atoms with E-state index in [1.54, 1.807) is 17.0 Å². The maximum Gasteiger partial charge on any atom is 0.290 e. The van der Waals surface area contributed by atoms with E-state index in [9.17, 15) is 9.59 Å². The number of fused-ring (bicyclic) bond motifs is 1. The first-order valence-corrected chi connectivity index (χ1v) is 10.1. The smallest absolute Gasteiger partial charge is 0.290 e. The number of amides is 2. The van der Waals surface area contributed by atoms with Crippen LogP contribution in [0.2, 0.25) is 0 Å². The van der Waals surface area contributed by atoms with E-state index in [1.807, 2.05) is 24.3 Å². The second-order valence-corrected chi connectivity index (χ2v) is 7.69. The fourth-order valence-corrected chi connectivity index (χ4v) is 4.20. The molecule has 6 nitrogen and oxygen atoms in total. The largest absolute Gasteiger partial charge is 0.459 e. The van der Waals surface area contributed by atoms with Gasteiger partial charge in [0.15, 0.2) is 5.76 Å². The Bertz CT molecular complexity index is 812. The molecular formula is C22H27N3O3. The number of nitrogens with one attached hydrogen (secondary N) is 2. The highest BCUT2D eigenvalue weighted by Gasteiger charge is 2.35. The van der Waals surface area contributed by atoms with Crippen molar-refractivity contribution in [2.75, 3.05) is 19.6 Å². The summed E-state index contributed by atoms with van der Waals surface area (Å²) in [4.78, 5) is 27.6. The van der Waals surface area contributed by atoms with Crippen molar-refractivity contribution in [3.63, 3.8) is 0 Å². The van der Waals surface area contributed by atoms with Crippen LogP contribution < -0.4 is 10.6 Å². The molecule has 148 valence electrons. The Morgan fingerprint density at radius 3 is 2.79 bits per heavy atom. The zero-order valence-corrected chi connectivity index (χ0v) is 16.0. The van der Waals surface area contributed by atoms with Crippen LogP contribution in [-0.2, 0) is 17.8 Å². The molecule has 0 radical (unpaired) electrons. The molecule has 28 heavy (non-hydrogen) atoms. The van der Waals surface area contributed by atoms with E-state index in [1.165, 1.54) is 19.1 Å². The third kappa shape index (κ3) is 4.12. The lowest BCUT2D eigenvalue weighted by Crippen LogP contribution is -2.52. The standard InChI is InChI=1S/C22H27N3O3/c26-21(24-11-9-16-5-3-10-23-14-16)19-13-17-6-1-2-7-18(17)15-25(19)22(27)20-8-4-12-28-20/h1-2,4,6-8,12,16,19,23H,3,5,9-11,13-15H2,(H,24,26). The summed E-state index contributed by atoms with van der Waals surface area (Å²) in [6.07, 6.45) is 5.39. The molecule has 6 heteroatoms. The van der Waals surface area contributed by atoms with Gasteiger partial charge in [-0.3, -0.25) is 9.59 Å². The third-order valence-corrected chi connectivity index (χ3v) is 5.79. The first-order chi connectivity index (χ1) is 13.7. The van der Waals surface area contributed by atoms with Crippen LogP contribution in [0.1, 0.15) is 40.9 Å². The normalized spacial score (nSPS) is 21.8. The highest BCUT2D eigenvalue weighted by Crippen LogP contribution is 2.25. The molecule has 2 N–H and O–H groups in total. The van der Waals surface area contributed by atoms with Crippen LogP contribution in [0.3, 0.4) is 0 Å². The van der Waals surface area contributed by atoms with Gasteiger partial charge in [-0.05, 0) is 61.5 Å². The summed E-state index contributed by atoms with van der Waals surface area (Å²) in [5.41, 5.74) is 2.21. The molecule has 3 heterocycles. The van der Waals surface area contributed by atoms with E-state index in [-0.39, 0.29) is 17.6 Å². The molecule has 2 unspecified atom stereocenters. The van der Waals surface area contributed by atoms with Crippen LogP contribution in [-0.4, -0.2) is 42.4 Å². The number of piperidine rings is 1. The van der Waals surface area contributed by atoms with Crippen molar-refractivity contribution in [1.29, 1.82) is 0 Å². The molecule has 0 saturated carbocycles. The average molecular weight is 381 g/mol. The van der Waals surface area contributed by atoms with Crippen LogP contribution in [0.15, 0.2) is 47.1 Å². The maximum atomic E-state index is 13.0. The number of benzene rings is 1. The van der Waals surface area contributed by atoms with Gasteiger partial charge in [-0.2, -0.15) is 0 Å². The molecule has 4 rings (SSSR count). The van der Waals surface area contributed by atoms with Gasteiger partial charge < -0.3 is 20.0 Å². The van der Waals surface area contributed by atoms with E-state index >= 15 is 0 Å². The summed E-state index contributed by atoms with van der Waals surface area (Å²) in [5, 5.41) is 6.48. The zero-order chi connectivity index (χ0) is 19.3. The molecule has 2 aliphatic rings. The van der Waals surface area contributed by atoms with Crippen molar-refractivity contribution in [2.45, 2.75) is 38.3 Å². The molecule has 0 bridgehead atoms. The molecule has 0 spiro atoms. The van der Waals surface area contributed by atoms with Crippen LogP contribution in [0.5, 0.6) is 0 Å². The molecule has 2 aromatic rings. The average Bonchev–Trinajstić information content (AvgIpc) is 3.28. The van der Waals surface area contributed by atoms with Gasteiger partial charge in [0.05, 0.1) is 6.26 Å². The van der Waals surface area contributed by atoms with Gasteiger partial charge in [0, 0.05) is 19.5 Å².